The van der Waals surface area contributed by atoms with Crippen LogP contribution in [0.1, 0.15) is 16.2 Å². The van der Waals surface area contributed by atoms with Crippen LogP contribution in [0.15, 0.2) is 24.4 Å². The highest BCUT2D eigenvalue weighted by Crippen LogP contribution is 2.13. The molecule has 0 amide bonds. The van der Waals surface area contributed by atoms with Gasteiger partial charge in [0, 0.05) is 6.20 Å². The first-order chi connectivity index (χ1) is 7.24. The van der Waals surface area contributed by atoms with E-state index in [1.807, 2.05) is 12.1 Å². The summed E-state index contributed by atoms with van der Waals surface area (Å²) in [6.45, 7) is 0.291. The van der Waals surface area contributed by atoms with Gasteiger partial charge in [-0.15, -0.1) is 0 Å². The van der Waals surface area contributed by atoms with Crippen molar-refractivity contribution in [3.63, 3.8) is 0 Å². The summed E-state index contributed by atoms with van der Waals surface area (Å²) >= 11 is 0. The minimum absolute atomic E-state index is 0.0667. The molecule has 0 aliphatic rings. The van der Waals surface area contributed by atoms with E-state index < -0.39 is 5.97 Å². The fourth-order valence-electron chi connectivity index (χ4n) is 1.49. The first kappa shape index (κ1) is 9.88. The Hall–Kier alpha value is -1.66. The highest BCUT2D eigenvalue weighted by Gasteiger charge is 2.16. The average molecular weight is 222 g/mol. The number of aromatic nitrogens is 2. The molecule has 2 aromatic heterocycles. The minimum atomic E-state index is -1.02. The number of carbonyl (C=O) groups is 1. The van der Waals surface area contributed by atoms with Crippen LogP contribution >= 0.6 is 0 Å². The molecule has 0 aliphatic heterocycles. The maximum absolute atomic E-state index is 10.9. The summed E-state index contributed by atoms with van der Waals surface area (Å²) in [7, 11) is 0.571. The van der Waals surface area contributed by atoms with Crippen molar-refractivity contribution in [1.82, 2.24) is 9.38 Å². The van der Waals surface area contributed by atoms with Gasteiger partial charge in [0.2, 0.25) is 0 Å². The predicted molar refractivity (Wildman–Crippen MR) is 56.9 cm³/mol. The van der Waals surface area contributed by atoms with E-state index in [1.165, 1.54) is 0 Å². The van der Waals surface area contributed by atoms with E-state index in [9.17, 15) is 4.79 Å². The number of pyridine rings is 1. The molecule has 0 aliphatic carbocycles. The molecule has 0 saturated carbocycles. The molecule has 0 radical (unpaired) electrons. The Labute approximate surface area is 88.9 Å². The van der Waals surface area contributed by atoms with Crippen molar-refractivity contribution in [2.24, 2.45) is 0 Å². The highest BCUT2D eigenvalue weighted by molar-refractivity contribution is 5.98. The normalized spacial score (nSPS) is 10.9. The third-order valence-corrected chi connectivity index (χ3v) is 2.40. The smallest absolute Gasteiger partial charge is 0.356 e. The molecule has 2 aromatic rings. The van der Waals surface area contributed by atoms with Crippen molar-refractivity contribution >= 4 is 22.1 Å². The van der Waals surface area contributed by atoms with Crippen molar-refractivity contribution in [2.75, 3.05) is 0 Å². The molecular formula is C9H10N2O3Si. The number of hydrogen-bond donors (Lipinski definition) is 1. The van der Waals surface area contributed by atoms with Crippen molar-refractivity contribution in [1.29, 1.82) is 0 Å². The van der Waals surface area contributed by atoms with Crippen LogP contribution in [-0.2, 0) is 11.0 Å². The summed E-state index contributed by atoms with van der Waals surface area (Å²) in [6.07, 6.45) is 1.78. The molecule has 2 rings (SSSR count). The average Bonchev–Trinajstić information content (AvgIpc) is 2.58. The topological polar surface area (TPSA) is 63.8 Å². The maximum Gasteiger partial charge on any atom is 0.356 e. The van der Waals surface area contributed by atoms with Gasteiger partial charge in [-0.1, -0.05) is 6.07 Å². The lowest BCUT2D eigenvalue weighted by Crippen LogP contribution is -2.04. The Morgan fingerprint density at radius 3 is 3.07 bits per heavy atom. The van der Waals surface area contributed by atoms with Crippen LogP contribution < -0.4 is 0 Å². The van der Waals surface area contributed by atoms with Crippen LogP contribution in [0, 0.1) is 0 Å². The molecule has 0 atom stereocenters. The lowest BCUT2D eigenvalue weighted by Gasteiger charge is -2.00. The number of imidazole rings is 1. The Balaban J connectivity index is 2.68. The Bertz CT molecular complexity index is 509. The minimum Gasteiger partial charge on any atom is -0.476 e. The number of rotatable bonds is 3. The molecule has 0 bridgehead atoms. The molecule has 0 saturated heterocycles. The maximum atomic E-state index is 10.9. The Kier molecular flexibility index (Phi) is 2.52. The van der Waals surface area contributed by atoms with Gasteiger partial charge >= 0.3 is 5.97 Å². The second-order valence-electron chi connectivity index (χ2n) is 3.07. The van der Waals surface area contributed by atoms with Crippen LogP contribution in [0.5, 0.6) is 0 Å². The highest BCUT2D eigenvalue weighted by atomic mass is 28.2. The van der Waals surface area contributed by atoms with Crippen LogP contribution in [0.3, 0.4) is 0 Å². The number of fused-ring (bicyclic) bond motifs is 1. The van der Waals surface area contributed by atoms with E-state index >= 15 is 0 Å². The van der Waals surface area contributed by atoms with Gasteiger partial charge < -0.3 is 13.9 Å². The van der Waals surface area contributed by atoms with E-state index in [0.717, 1.165) is 0 Å². The lowest BCUT2D eigenvalue weighted by atomic mass is 10.3. The van der Waals surface area contributed by atoms with Gasteiger partial charge in [0.05, 0.1) is 12.3 Å². The fourth-order valence-corrected chi connectivity index (χ4v) is 1.77. The predicted octanol–water partition coefficient (Wildman–Crippen LogP) is -0.171. The molecule has 5 nitrogen and oxygen atoms in total. The summed E-state index contributed by atoms with van der Waals surface area (Å²) in [5.74, 6) is -1.02. The number of aromatic carboxylic acids is 1. The number of hydrogen-bond acceptors (Lipinski definition) is 3. The van der Waals surface area contributed by atoms with E-state index in [2.05, 4.69) is 4.98 Å². The second-order valence-corrected chi connectivity index (χ2v) is 3.65. The largest absolute Gasteiger partial charge is 0.476 e. The van der Waals surface area contributed by atoms with Crippen LogP contribution in [0.25, 0.3) is 5.65 Å². The second kappa shape index (κ2) is 3.83. The molecule has 2 heterocycles. The van der Waals surface area contributed by atoms with E-state index in [-0.39, 0.29) is 5.69 Å². The third kappa shape index (κ3) is 1.64. The molecular weight excluding hydrogens is 212 g/mol. The Morgan fingerprint density at radius 1 is 1.60 bits per heavy atom. The van der Waals surface area contributed by atoms with Gasteiger partial charge in [-0.25, -0.2) is 9.78 Å². The standard InChI is InChI=1S/C9H10N2O3Si/c12-9(13)8-6(5-14-15)11-4-2-1-3-7(11)10-8/h1-4H,5H2,15H3,(H,12,13). The van der Waals surface area contributed by atoms with Crippen LogP contribution in [0.4, 0.5) is 0 Å². The molecule has 1 N–H and O–H groups in total. The molecule has 78 valence electrons. The number of nitrogens with zero attached hydrogens (tertiary/aromatic N) is 2. The molecule has 0 unspecified atom stereocenters. The molecule has 0 spiro atoms. The molecule has 15 heavy (non-hydrogen) atoms. The molecule has 0 aromatic carbocycles. The molecule has 6 heteroatoms. The fraction of sp³-hybridized carbons (Fsp3) is 0.111. The van der Waals surface area contributed by atoms with Gasteiger partial charge in [0.25, 0.3) is 0 Å². The Morgan fingerprint density at radius 2 is 2.40 bits per heavy atom. The summed E-state index contributed by atoms with van der Waals surface area (Å²) < 4.78 is 6.84. The number of carboxylic acid groups (broad SMARTS) is 1. The summed E-state index contributed by atoms with van der Waals surface area (Å²) in [5.41, 5.74) is 1.29. The van der Waals surface area contributed by atoms with Crippen LogP contribution in [-0.4, -0.2) is 30.9 Å². The summed E-state index contributed by atoms with van der Waals surface area (Å²) in [5, 5.41) is 8.97. The van der Waals surface area contributed by atoms with Crippen molar-refractivity contribution in [3.8, 4) is 0 Å². The van der Waals surface area contributed by atoms with Crippen molar-refractivity contribution < 1.29 is 14.3 Å². The zero-order chi connectivity index (χ0) is 10.8. The van der Waals surface area contributed by atoms with Crippen molar-refractivity contribution in [3.05, 3.63) is 35.8 Å². The first-order valence-corrected chi connectivity index (χ1v) is 5.24. The van der Waals surface area contributed by atoms with Gasteiger partial charge in [-0.05, 0) is 12.1 Å². The lowest BCUT2D eigenvalue weighted by molar-refractivity contribution is 0.0688. The number of carboxylic acids is 1. The zero-order valence-corrected chi connectivity index (χ0v) is 10.2. The summed E-state index contributed by atoms with van der Waals surface area (Å²) in [6, 6.07) is 5.42. The van der Waals surface area contributed by atoms with E-state index in [0.29, 0.717) is 28.4 Å². The van der Waals surface area contributed by atoms with Gasteiger partial charge in [-0.3, -0.25) is 0 Å². The monoisotopic (exact) mass is 222 g/mol. The van der Waals surface area contributed by atoms with Gasteiger partial charge in [-0.2, -0.15) is 0 Å². The van der Waals surface area contributed by atoms with Gasteiger partial charge in [0.1, 0.15) is 16.1 Å². The quantitative estimate of drug-likeness (QED) is 0.732. The van der Waals surface area contributed by atoms with E-state index in [4.69, 9.17) is 9.53 Å². The first-order valence-electron chi connectivity index (χ1n) is 4.42. The van der Waals surface area contributed by atoms with E-state index in [1.54, 1.807) is 16.7 Å². The van der Waals surface area contributed by atoms with Crippen molar-refractivity contribution in [2.45, 2.75) is 6.61 Å². The SMILES string of the molecule is O=C(O)c1nc2ccccn2c1CO[SiH3]. The zero-order valence-electron chi connectivity index (χ0n) is 8.17. The molecule has 0 fully saturated rings. The third-order valence-electron chi connectivity index (χ3n) is 2.11. The van der Waals surface area contributed by atoms with Crippen LogP contribution in [0.2, 0.25) is 0 Å². The van der Waals surface area contributed by atoms with Gasteiger partial charge in [0.15, 0.2) is 5.69 Å². The summed E-state index contributed by atoms with van der Waals surface area (Å²) in [4.78, 5) is 15.0.